The molecule has 0 radical (unpaired) electrons. The molecule has 22 heavy (non-hydrogen) atoms. The zero-order valence-corrected chi connectivity index (χ0v) is 14.8. The summed E-state index contributed by atoms with van der Waals surface area (Å²) < 4.78 is 59.1. The normalized spacial score (nSPS) is 15.5. The number of hydrogen-bond donors (Lipinski definition) is 0. The average Bonchev–Trinajstić information content (AvgIpc) is 2.46. The van der Waals surface area contributed by atoms with Crippen molar-refractivity contribution in [1.29, 1.82) is 0 Å². The zero-order valence-electron chi connectivity index (χ0n) is 13.1. The molecule has 0 aromatic heterocycles. The van der Waals surface area contributed by atoms with Crippen molar-refractivity contribution < 1.29 is 25.2 Å². The molecule has 0 spiro atoms. The van der Waals surface area contributed by atoms with E-state index in [1.165, 1.54) is 24.3 Å². The van der Waals surface area contributed by atoms with E-state index in [0.29, 0.717) is 12.8 Å². The Labute approximate surface area is 132 Å². The third kappa shape index (κ3) is 4.77. The fraction of sp³-hybridized carbons (Fsp3) is 0.571. The maximum Gasteiger partial charge on any atom is 0.298 e. The predicted octanol–water partition coefficient (Wildman–Crippen LogP) is 2.69. The Kier molecular flexibility index (Phi) is 6.54. The molecule has 0 fully saturated rings. The van der Waals surface area contributed by atoms with Gasteiger partial charge in [-0.3, -0.25) is 8.37 Å². The van der Waals surface area contributed by atoms with Crippen molar-refractivity contribution in [3.05, 3.63) is 24.3 Å². The van der Waals surface area contributed by atoms with Gasteiger partial charge >= 0.3 is 0 Å². The van der Waals surface area contributed by atoms with Gasteiger partial charge in [0.2, 0.25) is 0 Å². The summed E-state index contributed by atoms with van der Waals surface area (Å²) in [5, 5.41) is 0. The van der Waals surface area contributed by atoms with Crippen molar-refractivity contribution in [3.8, 4) is 0 Å². The standard InChI is InChI=1S/C14H22O6S2/c1-5-11(3)19-21(15,16)13-9-7-8-10-14(13)22(17,18)20-12(4)6-2/h7-12H,5-6H2,1-4H3. The Morgan fingerprint density at radius 3 is 1.41 bits per heavy atom. The quantitative estimate of drug-likeness (QED) is 0.670. The molecule has 2 atom stereocenters. The molecule has 0 N–H and O–H groups in total. The highest BCUT2D eigenvalue weighted by molar-refractivity contribution is 7.90. The van der Waals surface area contributed by atoms with E-state index in [1.54, 1.807) is 27.7 Å². The number of hydrogen-bond acceptors (Lipinski definition) is 6. The van der Waals surface area contributed by atoms with Crippen LogP contribution in [-0.4, -0.2) is 29.0 Å². The molecule has 0 heterocycles. The second-order valence-electron chi connectivity index (χ2n) is 4.99. The summed E-state index contributed by atoms with van der Waals surface area (Å²) in [6.45, 7) is 6.75. The van der Waals surface area contributed by atoms with Crippen LogP contribution < -0.4 is 0 Å². The Hall–Kier alpha value is -0.960. The minimum Gasteiger partial charge on any atom is -0.263 e. The first-order valence-corrected chi connectivity index (χ1v) is 9.91. The zero-order chi connectivity index (χ0) is 17.0. The van der Waals surface area contributed by atoms with Gasteiger partial charge in [0.15, 0.2) is 0 Å². The van der Waals surface area contributed by atoms with E-state index in [-0.39, 0.29) is 0 Å². The third-order valence-corrected chi connectivity index (χ3v) is 6.20. The molecule has 8 heteroatoms. The summed E-state index contributed by atoms with van der Waals surface area (Å²) in [4.78, 5) is -0.808. The van der Waals surface area contributed by atoms with Crippen molar-refractivity contribution in [1.82, 2.24) is 0 Å². The van der Waals surface area contributed by atoms with E-state index in [4.69, 9.17) is 8.37 Å². The smallest absolute Gasteiger partial charge is 0.263 e. The van der Waals surface area contributed by atoms with Crippen LogP contribution in [0.3, 0.4) is 0 Å². The molecule has 126 valence electrons. The molecule has 0 aliphatic rings. The van der Waals surface area contributed by atoms with Crippen LogP contribution >= 0.6 is 0 Å². The van der Waals surface area contributed by atoms with Gasteiger partial charge in [-0.1, -0.05) is 26.0 Å². The minimum absolute atomic E-state index is 0.404. The van der Waals surface area contributed by atoms with Crippen molar-refractivity contribution in [2.45, 2.75) is 62.5 Å². The Balaban J connectivity index is 3.31. The Morgan fingerprint density at radius 1 is 0.818 bits per heavy atom. The fourth-order valence-corrected chi connectivity index (χ4v) is 4.61. The third-order valence-electron chi connectivity index (χ3n) is 3.12. The molecule has 0 amide bonds. The molecule has 6 nitrogen and oxygen atoms in total. The summed E-state index contributed by atoms with van der Waals surface area (Å²) in [5.41, 5.74) is 0. The lowest BCUT2D eigenvalue weighted by Gasteiger charge is -2.15. The van der Waals surface area contributed by atoms with Crippen molar-refractivity contribution in [2.24, 2.45) is 0 Å². The molecule has 1 aromatic rings. The van der Waals surface area contributed by atoms with Crippen LogP contribution in [0.1, 0.15) is 40.5 Å². The molecule has 0 saturated carbocycles. The van der Waals surface area contributed by atoms with E-state index in [1.807, 2.05) is 0 Å². The maximum atomic E-state index is 12.3. The van der Waals surface area contributed by atoms with Gasteiger partial charge in [-0.25, -0.2) is 0 Å². The van der Waals surface area contributed by atoms with Crippen molar-refractivity contribution in [3.63, 3.8) is 0 Å². The monoisotopic (exact) mass is 350 g/mol. The van der Waals surface area contributed by atoms with Crippen LogP contribution in [0.2, 0.25) is 0 Å². The van der Waals surface area contributed by atoms with E-state index >= 15 is 0 Å². The molecule has 0 aliphatic carbocycles. The highest BCUT2D eigenvalue weighted by Crippen LogP contribution is 2.26. The van der Waals surface area contributed by atoms with E-state index in [0.717, 1.165) is 0 Å². The van der Waals surface area contributed by atoms with Crippen LogP contribution in [0, 0.1) is 0 Å². The average molecular weight is 350 g/mol. The van der Waals surface area contributed by atoms with Gasteiger partial charge in [-0.05, 0) is 38.8 Å². The van der Waals surface area contributed by atoms with Crippen LogP contribution in [0.25, 0.3) is 0 Å². The molecule has 1 rings (SSSR count). The Bertz CT molecular complexity index is 633. The van der Waals surface area contributed by atoms with Gasteiger partial charge in [0.25, 0.3) is 20.2 Å². The topological polar surface area (TPSA) is 86.7 Å². The van der Waals surface area contributed by atoms with Crippen LogP contribution in [0.4, 0.5) is 0 Å². The first-order valence-electron chi connectivity index (χ1n) is 7.09. The lowest BCUT2D eigenvalue weighted by molar-refractivity contribution is 0.219. The van der Waals surface area contributed by atoms with Crippen LogP contribution in [0.5, 0.6) is 0 Å². The highest BCUT2D eigenvalue weighted by Gasteiger charge is 2.29. The first kappa shape index (κ1) is 19.1. The summed E-state index contributed by atoms with van der Waals surface area (Å²) in [5.74, 6) is 0. The molecule has 1 aromatic carbocycles. The second kappa shape index (κ2) is 7.54. The second-order valence-corrected chi connectivity index (χ2v) is 8.07. The number of benzene rings is 1. The van der Waals surface area contributed by atoms with Gasteiger partial charge in [0, 0.05) is 0 Å². The summed E-state index contributed by atoms with van der Waals surface area (Å²) in [6.07, 6.45) is -0.123. The molecular weight excluding hydrogens is 328 g/mol. The van der Waals surface area contributed by atoms with Crippen molar-refractivity contribution >= 4 is 20.2 Å². The van der Waals surface area contributed by atoms with Crippen LogP contribution in [0.15, 0.2) is 34.1 Å². The van der Waals surface area contributed by atoms with Crippen LogP contribution in [-0.2, 0) is 28.6 Å². The van der Waals surface area contributed by atoms with Gasteiger partial charge in [-0.15, -0.1) is 0 Å². The Morgan fingerprint density at radius 2 is 1.14 bits per heavy atom. The molecule has 0 bridgehead atoms. The van der Waals surface area contributed by atoms with Gasteiger partial charge < -0.3 is 0 Å². The van der Waals surface area contributed by atoms with Gasteiger partial charge in [-0.2, -0.15) is 16.8 Å². The molecule has 2 unspecified atom stereocenters. The predicted molar refractivity (Wildman–Crippen MR) is 82.5 cm³/mol. The SMILES string of the molecule is CCC(C)OS(=O)(=O)c1ccccc1S(=O)(=O)OC(C)CC. The summed E-state index contributed by atoms with van der Waals surface area (Å²) >= 11 is 0. The first-order chi connectivity index (χ1) is 10.1. The minimum atomic E-state index is -4.19. The van der Waals surface area contributed by atoms with Crippen molar-refractivity contribution in [2.75, 3.05) is 0 Å². The summed E-state index contributed by atoms with van der Waals surface area (Å²) in [6, 6.07) is 5.28. The van der Waals surface area contributed by atoms with Gasteiger partial charge in [0.05, 0.1) is 12.2 Å². The largest absolute Gasteiger partial charge is 0.298 e. The van der Waals surface area contributed by atoms with Gasteiger partial charge in [0.1, 0.15) is 9.79 Å². The highest BCUT2D eigenvalue weighted by atomic mass is 32.2. The fourth-order valence-electron chi connectivity index (χ4n) is 1.54. The maximum absolute atomic E-state index is 12.3. The van der Waals surface area contributed by atoms with E-state index in [2.05, 4.69) is 0 Å². The molecular formula is C14H22O6S2. The summed E-state index contributed by atoms with van der Waals surface area (Å²) in [7, 11) is -8.37. The lowest BCUT2D eigenvalue weighted by Crippen LogP contribution is -2.20. The molecule has 0 aliphatic heterocycles. The number of rotatable bonds is 8. The lowest BCUT2D eigenvalue weighted by atomic mass is 10.3. The van der Waals surface area contributed by atoms with E-state index in [9.17, 15) is 16.8 Å². The molecule has 0 saturated heterocycles. The van der Waals surface area contributed by atoms with E-state index < -0.39 is 42.2 Å².